The summed E-state index contributed by atoms with van der Waals surface area (Å²) >= 11 is 1.59. The van der Waals surface area contributed by atoms with Crippen LogP contribution in [0.3, 0.4) is 0 Å². The standard InChI is InChI=1S/C19H23NO3S/c1-22-18-9-7-17(8-10-18)14-24-15-19(21)20-11-12-23-13-16-5-3-2-4-6-16/h2-10H,11-15H2,1H3,(H,20,21). The van der Waals surface area contributed by atoms with Gasteiger partial charge in [-0.2, -0.15) is 0 Å². The summed E-state index contributed by atoms with van der Waals surface area (Å²) in [5.74, 6) is 2.14. The first-order valence-corrected chi connectivity index (χ1v) is 9.02. The molecule has 0 fully saturated rings. The molecule has 0 spiro atoms. The molecule has 1 amide bonds. The van der Waals surface area contributed by atoms with Crippen LogP contribution in [0.2, 0.25) is 0 Å². The lowest BCUT2D eigenvalue weighted by Gasteiger charge is -2.07. The van der Waals surface area contributed by atoms with Crippen molar-refractivity contribution in [3.05, 3.63) is 65.7 Å². The van der Waals surface area contributed by atoms with E-state index in [1.54, 1.807) is 18.9 Å². The SMILES string of the molecule is COc1ccc(CSCC(=O)NCCOCc2ccccc2)cc1. The van der Waals surface area contributed by atoms with Crippen LogP contribution >= 0.6 is 11.8 Å². The van der Waals surface area contributed by atoms with E-state index in [9.17, 15) is 4.79 Å². The summed E-state index contributed by atoms with van der Waals surface area (Å²) in [5.41, 5.74) is 2.32. The maximum absolute atomic E-state index is 11.8. The zero-order valence-corrected chi connectivity index (χ0v) is 14.7. The van der Waals surface area contributed by atoms with E-state index in [0.717, 1.165) is 17.1 Å². The third kappa shape index (κ3) is 7.06. The molecule has 0 atom stereocenters. The highest BCUT2D eigenvalue weighted by atomic mass is 32.2. The number of benzene rings is 2. The molecule has 0 aliphatic carbocycles. The van der Waals surface area contributed by atoms with E-state index in [4.69, 9.17) is 9.47 Å². The Kier molecular flexibility index (Phi) is 8.21. The monoisotopic (exact) mass is 345 g/mol. The molecule has 0 saturated heterocycles. The van der Waals surface area contributed by atoms with Crippen LogP contribution in [0, 0.1) is 0 Å². The van der Waals surface area contributed by atoms with Crippen LogP contribution in [0.25, 0.3) is 0 Å². The predicted octanol–water partition coefficient (Wildman–Crippen LogP) is 3.26. The number of hydrogen-bond donors (Lipinski definition) is 1. The van der Waals surface area contributed by atoms with Crippen LogP contribution in [0.15, 0.2) is 54.6 Å². The van der Waals surface area contributed by atoms with Crippen molar-refractivity contribution >= 4 is 17.7 Å². The van der Waals surface area contributed by atoms with E-state index in [1.165, 1.54) is 5.56 Å². The number of nitrogens with one attached hydrogen (secondary N) is 1. The minimum atomic E-state index is 0.0387. The van der Waals surface area contributed by atoms with Gasteiger partial charge in [-0.15, -0.1) is 11.8 Å². The fourth-order valence-electron chi connectivity index (χ4n) is 2.06. The third-order valence-electron chi connectivity index (χ3n) is 3.34. The van der Waals surface area contributed by atoms with Gasteiger partial charge in [0.1, 0.15) is 5.75 Å². The summed E-state index contributed by atoms with van der Waals surface area (Å²) in [6.07, 6.45) is 0. The molecule has 0 aliphatic rings. The Labute approximate surface area is 147 Å². The van der Waals surface area contributed by atoms with Gasteiger partial charge >= 0.3 is 0 Å². The molecule has 0 radical (unpaired) electrons. The number of thioether (sulfide) groups is 1. The topological polar surface area (TPSA) is 47.6 Å². The normalized spacial score (nSPS) is 10.4. The average Bonchev–Trinajstić information content (AvgIpc) is 2.63. The van der Waals surface area contributed by atoms with Crippen molar-refractivity contribution in [1.82, 2.24) is 5.32 Å². The molecule has 128 valence electrons. The molecule has 0 bridgehead atoms. The van der Waals surface area contributed by atoms with Gasteiger partial charge in [0.25, 0.3) is 0 Å². The molecular weight excluding hydrogens is 322 g/mol. The van der Waals surface area contributed by atoms with Crippen molar-refractivity contribution in [3.8, 4) is 5.75 Å². The molecule has 2 aromatic rings. The lowest BCUT2D eigenvalue weighted by molar-refractivity contribution is -0.118. The fraction of sp³-hybridized carbons (Fsp3) is 0.316. The first kappa shape index (κ1) is 18.4. The third-order valence-corrected chi connectivity index (χ3v) is 4.34. The zero-order valence-electron chi connectivity index (χ0n) is 13.9. The smallest absolute Gasteiger partial charge is 0.230 e. The Bertz CT molecular complexity index is 602. The molecule has 0 aliphatic heterocycles. The highest BCUT2D eigenvalue weighted by Crippen LogP contribution is 2.16. The number of methoxy groups -OCH3 is 1. The van der Waals surface area contributed by atoms with Gasteiger partial charge in [-0.3, -0.25) is 4.79 Å². The van der Waals surface area contributed by atoms with Crippen LogP contribution in [-0.4, -0.2) is 31.9 Å². The summed E-state index contributed by atoms with van der Waals surface area (Å²) in [4.78, 5) is 11.8. The minimum Gasteiger partial charge on any atom is -0.497 e. The van der Waals surface area contributed by atoms with Gasteiger partial charge in [0.2, 0.25) is 5.91 Å². The Hall–Kier alpha value is -1.98. The van der Waals surface area contributed by atoms with Crippen molar-refractivity contribution in [2.24, 2.45) is 0 Å². The average molecular weight is 345 g/mol. The lowest BCUT2D eigenvalue weighted by Crippen LogP contribution is -2.28. The first-order valence-electron chi connectivity index (χ1n) is 7.87. The van der Waals surface area contributed by atoms with Crippen LogP contribution in [0.1, 0.15) is 11.1 Å². The molecule has 0 aromatic heterocycles. The summed E-state index contributed by atoms with van der Waals surface area (Å²) < 4.78 is 10.7. The van der Waals surface area contributed by atoms with Crippen LogP contribution < -0.4 is 10.1 Å². The second-order valence-electron chi connectivity index (χ2n) is 5.23. The van der Waals surface area contributed by atoms with Gasteiger partial charge in [0, 0.05) is 12.3 Å². The van der Waals surface area contributed by atoms with Crippen molar-refractivity contribution in [3.63, 3.8) is 0 Å². The maximum atomic E-state index is 11.8. The molecular formula is C19H23NO3S. The largest absolute Gasteiger partial charge is 0.497 e. The van der Waals surface area contributed by atoms with Gasteiger partial charge in [0.15, 0.2) is 0 Å². The van der Waals surface area contributed by atoms with Crippen LogP contribution in [0.4, 0.5) is 0 Å². The number of rotatable bonds is 10. The molecule has 24 heavy (non-hydrogen) atoms. The molecule has 2 aromatic carbocycles. The Morgan fingerprint density at radius 2 is 1.79 bits per heavy atom. The summed E-state index contributed by atoms with van der Waals surface area (Å²) in [6, 6.07) is 17.9. The number of ether oxygens (including phenoxy) is 2. The molecule has 4 nitrogen and oxygen atoms in total. The maximum Gasteiger partial charge on any atom is 0.230 e. The van der Waals surface area contributed by atoms with E-state index in [0.29, 0.717) is 25.5 Å². The van der Waals surface area contributed by atoms with E-state index in [-0.39, 0.29) is 5.91 Å². The van der Waals surface area contributed by atoms with Crippen molar-refractivity contribution in [2.45, 2.75) is 12.4 Å². The second-order valence-corrected chi connectivity index (χ2v) is 6.21. The first-order chi connectivity index (χ1) is 11.8. The molecule has 5 heteroatoms. The lowest BCUT2D eigenvalue weighted by atomic mass is 10.2. The van der Waals surface area contributed by atoms with Gasteiger partial charge in [-0.1, -0.05) is 42.5 Å². The van der Waals surface area contributed by atoms with Gasteiger partial charge in [-0.25, -0.2) is 0 Å². The molecule has 0 saturated carbocycles. The van der Waals surface area contributed by atoms with Crippen LogP contribution in [0.5, 0.6) is 5.75 Å². The Morgan fingerprint density at radius 1 is 1.04 bits per heavy atom. The molecule has 0 heterocycles. The quantitative estimate of drug-likeness (QED) is 0.672. The van der Waals surface area contributed by atoms with Gasteiger partial charge < -0.3 is 14.8 Å². The highest BCUT2D eigenvalue weighted by Gasteiger charge is 2.02. The molecule has 1 N–H and O–H groups in total. The van der Waals surface area contributed by atoms with Crippen molar-refractivity contribution in [2.75, 3.05) is 26.0 Å². The summed E-state index contributed by atoms with van der Waals surface area (Å²) in [5, 5.41) is 2.87. The second kappa shape index (κ2) is 10.7. The predicted molar refractivity (Wildman–Crippen MR) is 98.3 cm³/mol. The summed E-state index contributed by atoms with van der Waals surface area (Å²) in [6.45, 7) is 1.63. The van der Waals surface area contributed by atoms with Gasteiger partial charge in [-0.05, 0) is 23.3 Å². The fourth-order valence-corrected chi connectivity index (χ4v) is 2.88. The number of hydrogen-bond acceptors (Lipinski definition) is 4. The highest BCUT2D eigenvalue weighted by molar-refractivity contribution is 7.99. The van der Waals surface area contributed by atoms with E-state index < -0.39 is 0 Å². The summed E-state index contributed by atoms with van der Waals surface area (Å²) in [7, 11) is 1.65. The minimum absolute atomic E-state index is 0.0387. The van der Waals surface area contributed by atoms with E-state index >= 15 is 0 Å². The number of amides is 1. The van der Waals surface area contributed by atoms with E-state index in [2.05, 4.69) is 5.32 Å². The molecule has 0 unspecified atom stereocenters. The van der Waals surface area contributed by atoms with Gasteiger partial charge in [0.05, 0.1) is 26.1 Å². The van der Waals surface area contributed by atoms with E-state index in [1.807, 2.05) is 54.6 Å². The number of carbonyl (C=O) groups is 1. The van der Waals surface area contributed by atoms with Crippen molar-refractivity contribution < 1.29 is 14.3 Å². The zero-order chi connectivity index (χ0) is 17.0. The van der Waals surface area contributed by atoms with Crippen LogP contribution in [-0.2, 0) is 21.9 Å². The van der Waals surface area contributed by atoms with Crippen molar-refractivity contribution in [1.29, 1.82) is 0 Å². The Balaban J connectivity index is 1.51. The Morgan fingerprint density at radius 3 is 2.50 bits per heavy atom. The molecule has 2 rings (SSSR count). The number of carbonyl (C=O) groups excluding carboxylic acids is 1.